The van der Waals surface area contributed by atoms with E-state index in [2.05, 4.69) is 57.2 Å². The number of carbonyl (C=O) groups is 9. The number of carboxylic acids is 2. The quantitative estimate of drug-likeness (QED) is 0.0262. The van der Waals surface area contributed by atoms with E-state index in [-0.39, 0.29) is 31.4 Å². The van der Waals surface area contributed by atoms with Crippen molar-refractivity contribution in [2.45, 2.75) is 107 Å². The van der Waals surface area contributed by atoms with Gasteiger partial charge in [-0.25, -0.2) is 14.8 Å². The summed E-state index contributed by atoms with van der Waals surface area (Å²) in [5.41, 5.74) is 7.54. The molecule has 0 aliphatic heterocycles. The van der Waals surface area contributed by atoms with Gasteiger partial charge in [0, 0.05) is 55.9 Å². The first kappa shape index (κ1) is 54.6. The lowest BCUT2D eigenvalue weighted by molar-refractivity contribution is -0.142. The number of aliphatic carboxylic acids is 2. The number of amides is 7. The molecule has 25 heteroatoms. The zero-order valence-electron chi connectivity index (χ0n) is 38.2. The van der Waals surface area contributed by atoms with Crippen LogP contribution in [0.15, 0.2) is 85.7 Å². The minimum Gasteiger partial charge on any atom is -0.481 e. The highest BCUT2D eigenvalue weighted by molar-refractivity contribution is 5.98. The molecule has 25 nitrogen and oxygen atoms in total. The van der Waals surface area contributed by atoms with Gasteiger partial charge in [0.15, 0.2) is 0 Å². The van der Waals surface area contributed by atoms with Crippen molar-refractivity contribution in [2.24, 2.45) is 5.73 Å². The number of hydrogen-bond acceptors (Lipinski definition) is 14. The SMILES string of the molecule is C[C@H](N)C(=O)N[C@@H](Cc1ccccc1)C(=O)N[C@H](C(=O)N[C@@H](CO)C(=O)N[C@@H](Cc1cnc[nH]1)C(=O)N[C@@H](CCC(=O)O)C(=O)N[C@@H](Cc1cnc[nH]1)C(=O)N[C@@H](Cc1ccccc1)C(=O)O)[C@@H](C)O. The van der Waals surface area contributed by atoms with Gasteiger partial charge in [-0.15, -0.1) is 0 Å². The van der Waals surface area contributed by atoms with E-state index in [9.17, 15) is 63.6 Å². The Bertz CT molecular complexity index is 2370. The Kier molecular flexibility index (Phi) is 21.1. The van der Waals surface area contributed by atoms with Crippen molar-refractivity contribution in [1.29, 1.82) is 0 Å². The Balaban J connectivity index is 1.53. The van der Waals surface area contributed by atoms with Gasteiger partial charge >= 0.3 is 11.9 Å². The zero-order chi connectivity index (χ0) is 51.3. The molecular weight excluding hydrogens is 917 g/mol. The first-order chi connectivity index (χ1) is 33.3. The number of aromatic amines is 2. The molecule has 376 valence electrons. The summed E-state index contributed by atoms with van der Waals surface area (Å²) in [5.74, 6) is -9.71. The molecule has 0 aliphatic carbocycles. The molecule has 0 bridgehead atoms. The van der Waals surface area contributed by atoms with Crippen molar-refractivity contribution in [3.05, 3.63) is 108 Å². The van der Waals surface area contributed by atoms with Crippen LogP contribution in [-0.2, 0) is 68.8 Å². The van der Waals surface area contributed by atoms with Gasteiger partial charge in [-0.1, -0.05) is 60.7 Å². The zero-order valence-corrected chi connectivity index (χ0v) is 38.2. The van der Waals surface area contributed by atoms with Crippen molar-refractivity contribution in [3.63, 3.8) is 0 Å². The van der Waals surface area contributed by atoms with Crippen LogP contribution in [0.5, 0.6) is 0 Å². The Labute approximate surface area is 400 Å². The summed E-state index contributed by atoms with van der Waals surface area (Å²) < 4.78 is 0. The third-order valence-corrected chi connectivity index (χ3v) is 10.6. The Morgan fingerprint density at radius 1 is 0.543 bits per heavy atom. The van der Waals surface area contributed by atoms with E-state index in [1.54, 1.807) is 60.7 Å². The Hall–Kier alpha value is -8.03. The molecule has 0 aliphatic rings. The smallest absolute Gasteiger partial charge is 0.326 e. The van der Waals surface area contributed by atoms with E-state index in [1.165, 1.54) is 32.0 Å². The monoisotopic (exact) mass is 974 g/mol. The summed E-state index contributed by atoms with van der Waals surface area (Å²) in [6, 6.07) is 4.87. The molecule has 0 fully saturated rings. The number of hydrogen-bond donors (Lipinski definition) is 14. The molecule has 7 amide bonds. The number of aliphatic hydroxyl groups is 2. The number of benzene rings is 2. The van der Waals surface area contributed by atoms with Crippen molar-refractivity contribution in [3.8, 4) is 0 Å². The van der Waals surface area contributed by atoms with Crippen LogP contribution < -0.4 is 43.0 Å². The molecule has 2 aromatic heterocycles. The Morgan fingerprint density at radius 3 is 1.37 bits per heavy atom. The van der Waals surface area contributed by atoms with Gasteiger partial charge in [0.05, 0.1) is 31.4 Å². The summed E-state index contributed by atoms with van der Waals surface area (Å²) in [6.07, 6.45) is 1.68. The highest BCUT2D eigenvalue weighted by atomic mass is 16.4. The van der Waals surface area contributed by atoms with E-state index < -0.39 is 127 Å². The third-order valence-electron chi connectivity index (χ3n) is 10.6. The van der Waals surface area contributed by atoms with Gasteiger partial charge in [-0.2, -0.15) is 0 Å². The second-order valence-corrected chi connectivity index (χ2v) is 16.3. The third kappa shape index (κ3) is 17.6. The fourth-order valence-electron chi connectivity index (χ4n) is 6.80. The first-order valence-electron chi connectivity index (χ1n) is 22.0. The summed E-state index contributed by atoms with van der Waals surface area (Å²) in [4.78, 5) is 133. The number of carboxylic acid groups (broad SMARTS) is 2. The van der Waals surface area contributed by atoms with Crippen LogP contribution in [-0.4, -0.2) is 155 Å². The lowest BCUT2D eigenvalue weighted by atomic mass is 10.0. The molecule has 0 saturated carbocycles. The molecule has 2 heterocycles. The molecule has 0 saturated heterocycles. The van der Waals surface area contributed by atoms with Gasteiger partial charge in [-0.05, 0) is 31.4 Å². The average molecular weight is 975 g/mol. The highest BCUT2D eigenvalue weighted by Gasteiger charge is 2.36. The minimum atomic E-state index is -1.83. The summed E-state index contributed by atoms with van der Waals surface area (Å²) in [6.45, 7) is 1.49. The number of H-pyrrole nitrogens is 2. The van der Waals surface area contributed by atoms with Crippen LogP contribution in [0, 0.1) is 0 Å². The maximum Gasteiger partial charge on any atom is 0.326 e. The fourth-order valence-corrected chi connectivity index (χ4v) is 6.80. The number of carbonyl (C=O) groups excluding carboxylic acids is 7. The lowest BCUT2D eigenvalue weighted by Crippen LogP contribution is -2.62. The van der Waals surface area contributed by atoms with Crippen molar-refractivity contribution in [2.75, 3.05) is 6.61 Å². The van der Waals surface area contributed by atoms with Crippen LogP contribution in [0.1, 0.15) is 49.2 Å². The van der Waals surface area contributed by atoms with E-state index in [0.29, 0.717) is 16.8 Å². The molecule has 15 N–H and O–H groups in total. The van der Waals surface area contributed by atoms with Gasteiger partial charge in [0.2, 0.25) is 41.4 Å². The first-order valence-corrected chi connectivity index (χ1v) is 22.0. The number of imidazole rings is 2. The maximum absolute atomic E-state index is 14.1. The number of nitrogens with one attached hydrogen (secondary N) is 9. The minimum absolute atomic E-state index is 0.0386. The predicted octanol–water partition coefficient (Wildman–Crippen LogP) is -3.53. The molecule has 2 aromatic carbocycles. The molecule has 4 aromatic rings. The molecule has 4 rings (SSSR count). The van der Waals surface area contributed by atoms with E-state index in [4.69, 9.17) is 5.73 Å². The average Bonchev–Trinajstić information content (AvgIpc) is 4.05. The largest absolute Gasteiger partial charge is 0.481 e. The second-order valence-electron chi connectivity index (χ2n) is 16.3. The highest BCUT2D eigenvalue weighted by Crippen LogP contribution is 2.10. The summed E-state index contributed by atoms with van der Waals surface area (Å²) >= 11 is 0. The Morgan fingerprint density at radius 2 is 0.943 bits per heavy atom. The van der Waals surface area contributed by atoms with Crippen molar-refractivity contribution in [1.82, 2.24) is 57.2 Å². The van der Waals surface area contributed by atoms with E-state index in [0.717, 1.165) is 6.92 Å². The number of aliphatic hydroxyl groups excluding tert-OH is 2. The molecule has 9 atom stereocenters. The molecule has 0 radical (unpaired) electrons. The molecule has 70 heavy (non-hydrogen) atoms. The van der Waals surface area contributed by atoms with Gasteiger partial charge < -0.3 is 73.3 Å². The van der Waals surface area contributed by atoms with Gasteiger partial charge in [0.1, 0.15) is 42.3 Å². The van der Waals surface area contributed by atoms with Crippen LogP contribution in [0.3, 0.4) is 0 Å². The molecule has 0 spiro atoms. The topological polar surface area (TPSA) is 402 Å². The van der Waals surface area contributed by atoms with Crippen molar-refractivity contribution < 1.29 is 63.6 Å². The number of aromatic nitrogens is 4. The van der Waals surface area contributed by atoms with Crippen LogP contribution in [0.4, 0.5) is 0 Å². The van der Waals surface area contributed by atoms with Gasteiger partial charge in [0.25, 0.3) is 0 Å². The number of rotatable bonds is 28. The predicted molar refractivity (Wildman–Crippen MR) is 245 cm³/mol. The van der Waals surface area contributed by atoms with Gasteiger partial charge in [-0.3, -0.25) is 38.4 Å². The standard InChI is InChI=1S/C45H58N12O13/c1-24(46)38(62)52-31(15-26-9-5-3-6-10-26)42(66)57-37(25(2)59)44(68)56-35(21-58)43(67)54-32(17-28-19-47-22-49-28)40(64)51-30(13-14-36(60)61)39(63)53-33(18-29-20-48-23-50-29)41(65)55-34(45(69)70)16-27-11-7-4-8-12-27/h3-12,19-20,22-25,30-35,37,58-59H,13-18,21,46H2,1-2H3,(H,47,49)(H,48,50)(H,51,64)(H,52,62)(H,53,63)(H,54,67)(H,55,65)(H,56,68)(H,57,66)(H,60,61)(H,69,70)/t24-,25+,30-,31-,32-,33-,34-,35-,37-/m0/s1. The lowest BCUT2D eigenvalue weighted by Gasteiger charge is -2.28. The second kappa shape index (κ2) is 27.1. The van der Waals surface area contributed by atoms with Crippen LogP contribution in [0.25, 0.3) is 0 Å². The molecular formula is C45H58N12O13. The van der Waals surface area contributed by atoms with Crippen LogP contribution >= 0.6 is 0 Å². The van der Waals surface area contributed by atoms with E-state index in [1.807, 2.05) is 0 Å². The van der Waals surface area contributed by atoms with Crippen LogP contribution in [0.2, 0.25) is 0 Å². The number of nitrogens with zero attached hydrogens (tertiary/aromatic N) is 2. The normalized spacial score (nSPS) is 14.9. The number of nitrogens with two attached hydrogens (primary N) is 1. The fraction of sp³-hybridized carbons (Fsp3) is 0.400. The van der Waals surface area contributed by atoms with E-state index >= 15 is 0 Å². The summed E-state index contributed by atoms with van der Waals surface area (Å²) in [5, 5.41) is 57.2. The summed E-state index contributed by atoms with van der Waals surface area (Å²) in [7, 11) is 0. The molecule has 0 unspecified atom stereocenters. The van der Waals surface area contributed by atoms with Crippen molar-refractivity contribution >= 4 is 53.3 Å². The maximum atomic E-state index is 14.1.